The Bertz CT molecular complexity index is 1960. The maximum absolute atomic E-state index is 16.9. The Morgan fingerprint density at radius 2 is 1.49 bits per heavy atom. The molecule has 0 spiro atoms. The molecule has 2 N–H and O–H groups in total. The molecule has 3 aliphatic rings. The molecule has 1 saturated carbocycles. The molecule has 256 valence electrons. The highest BCUT2D eigenvalue weighted by Gasteiger charge is 2.39. The van der Waals surface area contributed by atoms with E-state index in [1.54, 1.807) is 23.1 Å². The van der Waals surface area contributed by atoms with Gasteiger partial charge in [-0.15, -0.1) is 0 Å². The number of nitrogens with zero attached hydrogens (tertiary/aromatic N) is 5. The predicted molar refractivity (Wildman–Crippen MR) is 186 cm³/mol. The van der Waals surface area contributed by atoms with E-state index in [2.05, 4.69) is 51.4 Å². The lowest BCUT2D eigenvalue weighted by Gasteiger charge is -2.52. The molecule has 49 heavy (non-hydrogen) atoms. The first-order valence-electron chi connectivity index (χ1n) is 16.8. The van der Waals surface area contributed by atoms with Crippen molar-refractivity contribution >= 4 is 39.8 Å². The van der Waals surface area contributed by atoms with Gasteiger partial charge in [-0.25, -0.2) is 23.6 Å². The second-order valence-electron chi connectivity index (χ2n) is 13.5. The van der Waals surface area contributed by atoms with E-state index in [-0.39, 0.29) is 48.0 Å². The third kappa shape index (κ3) is 6.04. The molecule has 0 radical (unpaired) electrons. The van der Waals surface area contributed by atoms with Gasteiger partial charge in [0.15, 0.2) is 11.6 Å². The van der Waals surface area contributed by atoms with E-state index in [4.69, 9.17) is 0 Å². The van der Waals surface area contributed by atoms with Crippen LogP contribution in [0.3, 0.4) is 0 Å². The van der Waals surface area contributed by atoms with E-state index in [1.807, 2.05) is 13.8 Å². The fourth-order valence-electron chi connectivity index (χ4n) is 7.48. The largest absolute Gasteiger partial charge is 0.477 e. The van der Waals surface area contributed by atoms with Crippen molar-refractivity contribution in [1.29, 1.82) is 0 Å². The van der Waals surface area contributed by atoms with Gasteiger partial charge >= 0.3 is 5.97 Å². The zero-order valence-corrected chi connectivity index (χ0v) is 27.8. The number of pyridine rings is 1. The van der Waals surface area contributed by atoms with Crippen LogP contribution in [0.15, 0.2) is 65.6 Å². The summed E-state index contributed by atoms with van der Waals surface area (Å²) in [5.74, 6) is -4.25. The van der Waals surface area contributed by atoms with Crippen molar-refractivity contribution < 1.29 is 23.5 Å². The van der Waals surface area contributed by atoms with Crippen LogP contribution >= 0.6 is 0 Å². The van der Waals surface area contributed by atoms with Crippen LogP contribution in [0.1, 0.15) is 59.0 Å². The molecule has 2 aliphatic heterocycles. The Morgan fingerprint density at radius 1 is 0.857 bits per heavy atom. The molecule has 3 fully saturated rings. The normalized spacial score (nSPS) is 20.5. The number of carboxylic acids is 1. The molecule has 7 rings (SSSR count). The summed E-state index contributed by atoms with van der Waals surface area (Å²) in [6, 6.07) is 16.1. The summed E-state index contributed by atoms with van der Waals surface area (Å²) in [6.45, 7) is 10.0. The highest BCUT2D eigenvalue weighted by Crippen LogP contribution is 2.43. The van der Waals surface area contributed by atoms with Gasteiger partial charge in [0.25, 0.3) is 5.91 Å². The van der Waals surface area contributed by atoms with Gasteiger partial charge in [0.1, 0.15) is 11.3 Å². The van der Waals surface area contributed by atoms with Crippen LogP contribution in [0, 0.1) is 18.6 Å². The Morgan fingerprint density at radius 3 is 2.08 bits per heavy atom. The van der Waals surface area contributed by atoms with Crippen LogP contribution in [0.5, 0.6) is 0 Å². The lowest BCUT2D eigenvalue weighted by molar-refractivity contribution is -0.0945. The Hall–Kier alpha value is -4.81. The number of nitrogens with one attached hydrogen (secondary N) is 1. The van der Waals surface area contributed by atoms with E-state index >= 15 is 8.78 Å². The van der Waals surface area contributed by atoms with E-state index in [1.165, 1.54) is 28.0 Å². The molecule has 2 atom stereocenters. The lowest BCUT2D eigenvalue weighted by atomic mass is 10.0. The molecule has 10 nitrogen and oxygen atoms in total. The van der Waals surface area contributed by atoms with Crippen molar-refractivity contribution in [2.24, 2.45) is 0 Å². The van der Waals surface area contributed by atoms with Crippen LogP contribution in [0.25, 0.3) is 10.9 Å². The Balaban J connectivity index is 1.24. The Kier molecular flexibility index (Phi) is 8.62. The summed E-state index contributed by atoms with van der Waals surface area (Å²) >= 11 is 0. The fourth-order valence-corrected chi connectivity index (χ4v) is 7.48. The summed E-state index contributed by atoms with van der Waals surface area (Å²) in [5, 5.41) is 16.5. The number of halogens is 2. The molecule has 2 saturated heterocycles. The third-order valence-electron chi connectivity index (χ3n) is 9.94. The first-order chi connectivity index (χ1) is 23.5. The minimum atomic E-state index is -1.51. The molecule has 2 unspecified atom stereocenters. The van der Waals surface area contributed by atoms with Gasteiger partial charge in [-0.3, -0.25) is 9.59 Å². The highest BCUT2D eigenvalue weighted by atomic mass is 19.1. The van der Waals surface area contributed by atoms with Crippen molar-refractivity contribution in [3.05, 3.63) is 99.3 Å². The molecule has 3 aromatic carbocycles. The number of aromatic carboxylic acids is 1. The smallest absolute Gasteiger partial charge is 0.341 e. The molecule has 12 heteroatoms. The SMILES string of the molecule is Cc1ccc(N2CCN(N3C(C)CN(c4c(F)c(NC(=O)c5ccccc5)c5c(=O)c(C(=O)O)cn(C6CC6)c5c4F)CC3C)CC2)cc1. The van der Waals surface area contributed by atoms with Gasteiger partial charge in [-0.05, 0) is 57.9 Å². The zero-order chi connectivity index (χ0) is 34.6. The van der Waals surface area contributed by atoms with Crippen LogP contribution in [0.4, 0.5) is 25.8 Å². The molecular weight excluding hydrogens is 630 g/mol. The van der Waals surface area contributed by atoms with Crippen molar-refractivity contribution in [2.45, 2.75) is 51.7 Å². The predicted octanol–water partition coefficient (Wildman–Crippen LogP) is 5.51. The number of aryl methyl sites for hydroxylation is 1. The Labute approximate surface area is 283 Å². The summed E-state index contributed by atoms with van der Waals surface area (Å²) in [5.41, 5.74) is -0.109. The fraction of sp³-hybridized carbons (Fsp3) is 0.378. The number of hydrogen-bond donors (Lipinski definition) is 2. The number of rotatable bonds is 7. The summed E-state index contributed by atoms with van der Waals surface area (Å²) in [6.07, 6.45) is 2.45. The lowest BCUT2D eigenvalue weighted by Crippen LogP contribution is -2.65. The van der Waals surface area contributed by atoms with Crippen LogP contribution in [-0.4, -0.2) is 82.9 Å². The van der Waals surface area contributed by atoms with Gasteiger partial charge in [0, 0.05) is 74.8 Å². The van der Waals surface area contributed by atoms with E-state index in [0.29, 0.717) is 12.8 Å². The molecule has 1 amide bonds. The third-order valence-corrected chi connectivity index (χ3v) is 9.94. The number of hydrogen-bond acceptors (Lipinski definition) is 7. The van der Waals surface area contributed by atoms with Crippen LogP contribution in [-0.2, 0) is 0 Å². The number of carbonyl (C=O) groups excluding carboxylic acids is 1. The zero-order valence-electron chi connectivity index (χ0n) is 27.8. The standard InChI is InChI=1S/C37H40F2N6O4/c1-22-9-11-26(12-10-22)41-15-17-43(18-16-41)45-23(2)19-42(20-24(45)3)34-30(38)32(40-36(47)25-7-5-4-6-8-25)29-33(31(34)39)44(27-13-14-27)21-28(35(29)46)37(48)49/h4-12,21,23-24,27H,13-20H2,1-3H3,(H,40,47)(H,48,49). The van der Waals surface area contributed by atoms with Crippen molar-refractivity contribution in [3.63, 3.8) is 0 Å². The number of carbonyl (C=O) groups is 2. The second-order valence-corrected chi connectivity index (χ2v) is 13.5. The van der Waals surface area contributed by atoms with Crippen LogP contribution in [0.2, 0.25) is 0 Å². The number of aromatic nitrogens is 1. The minimum Gasteiger partial charge on any atom is -0.477 e. The quantitative estimate of drug-likeness (QED) is 0.266. The number of benzene rings is 3. The minimum absolute atomic E-state index is 0.119. The maximum Gasteiger partial charge on any atom is 0.341 e. The van der Waals surface area contributed by atoms with E-state index < -0.39 is 45.6 Å². The second kappa shape index (κ2) is 12.9. The molecular formula is C37H40F2N6O4. The molecule has 3 heterocycles. The van der Waals surface area contributed by atoms with Crippen LogP contribution < -0.4 is 20.5 Å². The number of fused-ring (bicyclic) bond motifs is 1. The number of amides is 1. The number of anilines is 3. The maximum atomic E-state index is 16.9. The van der Waals surface area contributed by atoms with Gasteiger partial charge in [-0.1, -0.05) is 35.9 Å². The highest BCUT2D eigenvalue weighted by molar-refractivity contribution is 6.10. The molecule has 4 aromatic rings. The first-order valence-corrected chi connectivity index (χ1v) is 16.8. The van der Waals surface area contributed by atoms with Gasteiger partial charge in [0.2, 0.25) is 5.43 Å². The van der Waals surface area contributed by atoms with Gasteiger partial charge in [-0.2, -0.15) is 0 Å². The van der Waals surface area contributed by atoms with Crippen molar-refractivity contribution in [1.82, 2.24) is 14.6 Å². The van der Waals surface area contributed by atoms with Gasteiger partial charge in [0.05, 0.1) is 16.6 Å². The number of hydrazine groups is 1. The monoisotopic (exact) mass is 670 g/mol. The van der Waals surface area contributed by atoms with Gasteiger partial charge < -0.3 is 24.8 Å². The average molecular weight is 671 g/mol. The topological polar surface area (TPSA) is 101 Å². The summed E-state index contributed by atoms with van der Waals surface area (Å²) < 4.78 is 35.3. The van der Waals surface area contributed by atoms with E-state index in [9.17, 15) is 19.5 Å². The molecule has 1 aliphatic carbocycles. The van der Waals surface area contributed by atoms with E-state index in [0.717, 1.165) is 32.4 Å². The average Bonchev–Trinajstić information content (AvgIpc) is 3.93. The molecule has 0 bridgehead atoms. The summed E-state index contributed by atoms with van der Waals surface area (Å²) in [7, 11) is 0. The first kappa shape index (κ1) is 32.7. The summed E-state index contributed by atoms with van der Waals surface area (Å²) in [4.78, 5) is 43.2. The number of piperazine rings is 2. The van der Waals surface area contributed by atoms with Crippen molar-refractivity contribution in [3.8, 4) is 0 Å². The molecule has 1 aromatic heterocycles. The van der Waals surface area contributed by atoms with Crippen molar-refractivity contribution in [2.75, 3.05) is 54.4 Å². The number of carboxylic acid groups (broad SMARTS) is 1.